The molecular weight excluding hydrogens is 387 g/mol. The number of carbonyl (C=O) groups excluding carboxylic acids is 1. The third-order valence-corrected chi connectivity index (χ3v) is 5.90. The van der Waals surface area contributed by atoms with Gasteiger partial charge in [-0.05, 0) is 48.0 Å². The van der Waals surface area contributed by atoms with Crippen molar-refractivity contribution in [2.75, 3.05) is 7.11 Å². The van der Waals surface area contributed by atoms with Crippen LogP contribution in [0.1, 0.15) is 9.67 Å². The molecule has 0 unspecified atom stereocenters. The topological polar surface area (TPSA) is 55.0 Å². The molecule has 0 aliphatic rings. The van der Waals surface area contributed by atoms with Gasteiger partial charge in [-0.1, -0.05) is 24.3 Å². The largest absolute Gasteiger partial charge is 0.465 e. The van der Waals surface area contributed by atoms with Gasteiger partial charge in [-0.25, -0.2) is 14.2 Å². The van der Waals surface area contributed by atoms with Gasteiger partial charge in [0.15, 0.2) is 0 Å². The molecule has 142 valence electrons. The maximum atomic E-state index is 14.1. The fourth-order valence-electron chi connectivity index (χ4n) is 3.39. The molecule has 0 amide bonds. The highest BCUT2D eigenvalue weighted by Crippen LogP contribution is 2.32. The van der Waals surface area contributed by atoms with Gasteiger partial charge in [0.05, 0.1) is 28.5 Å². The van der Waals surface area contributed by atoms with E-state index in [0.29, 0.717) is 16.1 Å². The zero-order valence-electron chi connectivity index (χ0n) is 15.4. The molecule has 2 aromatic carbocycles. The van der Waals surface area contributed by atoms with Crippen molar-refractivity contribution in [1.82, 2.24) is 9.97 Å². The van der Waals surface area contributed by atoms with Crippen LogP contribution in [-0.2, 0) is 4.74 Å². The average molecular weight is 402 g/mol. The maximum Gasteiger partial charge on any atom is 0.348 e. The number of H-pyrrole nitrogens is 1. The number of pyridine rings is 1. The number of hydrogen-bond donors (Lipinski definition) is 1. The standard InChI is InChI=1S/C23H15FN2O2S/c1-28-23(27)22-12-20-21(29-22)11-19(26-20)14-6-8-17-13(10-14)7-9-18(25-17)15-4-2-3-5-16(15)24/h2-12,26H,1H3. The molecule has 0 aliphatic heterocycles. The molecule has 0 aliphatic carbocycles. The number of methoxy groups -OCH3 is 1. The Labute approximate surface area is 169 Å². The van der Waals surface area contributed by atoms with Crippen LogP contribution in [0.15, 0.2) is 66.7 Å². The summed E-state index contributed by atoms with van der Waals surface area (Å²) in [5.74, 6) is -0.614. The Morgan fingerprint density at radius 1 is 1.07 bits per heavy atom. The number of ether oxygens (including phenoxy) is 1. The van der Waals surface area contributed by atoms with Crippen molar-refractivity contribution >= 4 is 38.4 Å². The van der Waals surface area contributed by atoms with Crippen molar-refractivity contribution in [2.24, 2.45) is 0 Å². The third-order valence-electron chi connectivity index (χ3n) is 4.84. The van der Waals surface area contributed by atoms with Crippen LogP contribution in [0, 0.1) is 5.82 Å². The van der Waals surface area contributed by atoms with Gasteiger partial charge in [0.25, 0.3) is 0 Å². The van der Waals surface area contributed by atoms with Gasteiger partial charge < -0.3 is 9.72 Å². The Morgan fingerprint density at radius 3 is 2.72 bits per heavy atom. The van der Waals surface area contributed by atoms with Gasteiger partial charge >= 0.3 is 5.97 Å². The number of fused-ring (bicyclic) bond motifs is 2. The molecule has 0 bridgehead atoms. The van der Waals surface area contributed by atoms with Crippen LogP contribution in [-0.4, -0.2) is 23.0 Å². The van der Waals surface area contributed by atoms with Crippen LogP contribution in [0.3, 0.4) is 0 Å². The third kappa shape index (κ3) is 3.07. The Hall–Kier alpha value is -3.51. The van der Waals surface area contributed by atoms with Crippen molar-refractivity contribution in [2.45, 2.75) is 0 Å². The highest BCUT2D eigenvalue weighted by atomic mass is 32.1. The summed E-state index contributed by atoms with van der Waals surface area (Å²) in [6.07, 6.45) is 0. The minimum absolute atomic E-state index is 0.284. The molecule has 5 aromatic rings. The first kappa shape index (κ1) is 17.6. The zero-order chi connectivity index (χ0) is 20.0. The zero-order valence-corrected chi connectivity index (χ0v) is 16.2. The van der Waals surface area contributed by atoms with E-state index in [1.807, 2.05) is 36.4 Å². The minimum Gasteiger partial charge on any atom is -0.465 e. The van der Waals surface area contributed by atoms with E-state index in [1.165, 1.54) is 24.5 Å². The van der Waals surface area contributed by atoms with E-state index in [1.54, 1.807) is 24.3 Å². The number of halogens is 1. The van der Waals surface area contributed by atoms with Crippen LogP contribution in [0.4, 0.5) is 4.39 Å². The predicted octanol–water partition coefficient (Wildman–Crippen LogP) is 6.04. The number of thiophene rings is 1. The molecule has 0 radical (unpaired) electrons. The molecule has 5 rings (SSSR count). The highest BCUT2D eigenvalue weighted by Gasteiger charge is 2.13. The first-order valence-electron chi connectivity index (χ1n) is 8.99. The number of hydrogen-bond acceptors (Lipinski definition) is 4. The van der Waals surface area contributed by atoms with Gasteiger partial charge in [0.2, 0.25) is 0 Å². The van der Waals surface area contributed by atoms with E-state index in [-0.39, 0.29) is 11.8 Å². The first-order valence-corrected chi connectivity index (χ1v) is 9.81. The Kier molecular flexibility index (Phi) is 4.14. The molecule has 3 aromatic heterocycles. The number of aromatic amines is 1. The summed E-state index contributed by atoms with van der Waals surface area (Å²) in [6, 6.07) is 20.2. The number of nitrogens with zero attached hydrogens (tertiary/aromatic N) is 1. The van der Waals surface area contributed by atoms with Crippen molar-refractivity contribution < 1.29 is 13.9 Å². The van der Waals surface area contributed by atoms with Gasteiger partial charge in [-0.15, -0.1) is 11.3 Å². The van der Waals surface area contributed by atoms with E-state index in [4.69, 9.17) is 4.74 Å². The van der Waals surface area contributed by atoms with Crippen molar-refractivity contribution in [3.63, 3.8) is 0 Å². The highest BCUT2D eigenvalue weighted by molar-refractivity contribution is 7.20. The fraction of sp³-hybridized carbons (Fsp3) is 0.0435. The number of nitrogens with one attached hydrogen (secondary N) is 1. The maximum absolute atomic E-state index is 14.1. The molecule has 4 nitrogen and oxygen atoms in total. The van der Waals surface area contributed by atoms with Crippen LogP contribution >= 0.6 is 11.3 Å². The van der Waals surface area contributed by atoms with Crippen LogP contribution in [0.25, 0.3) is 43.6 Å². The number of benzene rings is 2. The fourth-order valence-corrected chi connectivity index (χ4v) is 4.37. The van der Waals surface area contributed by atoms with Gasteiger partial charge in [0, 0.05) is 16.6 Å². The lowest BCUT2D eigenvalue weighted by Gasteiger charge is -2.06. The molecule has 0 atom stereocenters. The lowest BCUT2D eigenvalue weighted by Crippen LogP contribution is -1.96. The smallest absolute Gasteiger partial charge is 0.348 e. The molecule has 0 fully saturated rings. The van der Waals surface area contributed by atoms with Crippen LogP contribution in [0.2, 0.25) is 0 Å². The van der Waals surface area contributed by atoms with Gasteiger partial charge in [-0.2, -0.15) is 0 Å². The van der Waals surface area contributed by atoms with E-state index in [0.717, 1.165) is 32.4 Å². The van der Waals surface area contributed by atoms with Crippen LogP contribution in [0.5, 0.6) is 0 Å². The summed E-state index contributed by atoms with van der Waals surface area (Å²) < 4.78 is 19.8. The number of esters is 1. The second-order valence-corrected chi connectivity index (χ2v) is 7.73. The Bertz CT molecular complexity index is 1350. The summed E-state index contributed by atoms with van der Waals surface area (Å²) >= 11 is 1.40. The molecule has 6 heteroatoms. The molecule has 29 heavy (non-hydrogen) atoms. The van der Waals surface area contributed by atoms with E-state index in [2.05, 4.69) is 9.97 Å². The lowest BCUT2D eigenvalue weighted by atomic mass is 10.1. The summed E-state index contributed by atoms with van der Waals surface area (Å²) in [4.78, 5) is 20.2. The summed E-state index contributed by atoms with van der Waals surface area (Å²) in [7, 11) is 1.38. The van der Waals surface area contributed by atoms with E-state index in [9.17, 15) is 9.18 Å². The minimum atomic E-state index is -0.330. The second-order valence-electron chi connectivity index (χ2n) is 6.65. The van der Waals surface area contributed by atoms with E-state index < -0.39 is 0 Å². The molecular formula is C23H15FN2O2S. The number of aromatic nitrogens is 2. The SMILES string of the molecule is COC(=O)c1cc2[nH]c(-c3ccc4nc(-c5ccccc5F)ccc4c3)cc2s1. The summed E-state index contributed by atoms with van der Waals surface area (Å²) in [6.45, 7) is 0. The molecule has 0 saturated heterocycles. The second kappa shape index (κ2) is 6.83. The van der Waals surface area contributed by atoms with Gasteiger partial charge in [-0.3, -0.25) is 0 Å². The first-order chi connectivity index (χ1) is 14.1. The molecule has 1 N–H and O–H groups in total. The Balaban J connectivity index is 1.52. The van der Waals surface area contributed by atoms with Gasteiger partial charge in [0.1, 0.15) is 10.7 Å². The van der Waals surface area contributed by atoms with Crippen molar-refractivity contribution in [3.05, 3.63) is 77.4 Å². The Morgan fingerprint density at radius 2 is 1.93 bits per heavy atom. The summed E-state index contributed by atoms with van der Waals surface area (Å²) in [5, 5.41) is 0.968. The van der Waals surface area contributed by atoms with E-state index >= 15 is 0 Å². The van der Waals surface area contributed by atoms with Crippen molar-refractivity contribution in [1.29, 1.82) is 0 Å². The number of carbonyl (C=O) groups is 1. The molecule has 0 saturated carbocycles. The monoisotopic (exact) mass is 402 g/mol. The number of rotatable bonds is 3. The lowest BCUT2D eigenvalue weighted by molar-refractivity contribution is 0.0606. The predicted molar refractivity (Wildman–Crippen MR) is 114 cm³/mol. The van der Waals surface area contributed by atoms with Crippen molar-refractivity contribution in [3.8, 4) is 22.5 Å². The average Bonchev–Trinajstić information content (AvgIpc) is 3.32. The molecule has 0 spiro atoms. The van der Waals surface area contributed by atoms with Crippen LogP contribution < -0.4 is 0 Å². The molecule has 3 heterocycles. The summed E-state index contributed by atoms with van der Waals surface area (Å²) in [5.41, 5.74) is 4.78. The normalized spacial score (nSPS) is 11.2. The quantitative estimate of drug-likeness (QED) is 0.375.